The van der Waals surface area contributed by atoms with E-state index in [2.05, 4.69) is 11.1 Å². The van der Waals surface area contributed by atoms with Crippen LogP contribution in [0.4, 0.5) is 5.69 Å². The van der Waals surface area contributed by atoms with Crippen molar-refractivity contribution < 1.29 is 9.90 Å². The predicted octanol–water partition coefficient (Wildman–Crippen LogP) is 2.53. The van der Waals surface area contributed by atoms with E-state index in [9.17, 15) is 9.90 Å². The van der Waals surface area contributed by atoms with Crippen LogP contribution in [-0.4, -0.2) is 29.7 Å². The lowest BCUT2D eigenvalue weighted by molar-refractivity contribution is 0.0697. The van der Waals surface area contributed by atoms with E-state index in [0.29, 0.717) is 12.2 Å². The van der Waals surface area contributed by atoms with E-state index < -0.39 is 5.97 Å². The Morgan fingerprint density at radius 2 is 2.20 bits per heavy atom. The summed E-state index contributed by atoms with van der Waals surface area (Å²) in [6, 6.07) is 9.55. The molecule has 0 fully saturated rings. The van der Waals surface area contributed by atoms with Crippen LogP contribution in [0.2, 0.25) is 0 Å². The number of hydrogen-bond acceptors (Lipinski definition) is 4. The molecule has 0 aliphatic heterocycles. The molecular formula is C15H15N3O2. The molecule has 1 aromatic heterocycles. The molecule has 1 N–H and O–H groups in total. The summed E-state index contributed by atoms with van der Waals surface area (Å²) in [4.78, 5) is 17.4. The highest BCUT2D eigenvalue weighted by Gasteiger charge is 2.18. The van der Waals surface area contributed by atoms with Gasteiger partial charge in [0, 0.05) is 25.2 Å². The van der Waals surface area contributed by atoms with Crippen LogP contribution in [0.3, 0.4) is 0 Å². The van der Waals surface area contributed by atoms with Gasteiger partial charge in [-0.15, -0.1) is 0 Å². The third-order valence-corrected chi connectivity index (χ3v) is 3.13. The fraction of sp³-hybridized carbons (Fsp3) is 0.267. The number of nitrogens with zero attached hydrogens (tertiary/aromatic N) is 3. The van der Waals surface area contributed by atoms with E-state index >= 15 is 0 Å². The van der Waals surface area contributed by atoms with Gasteiger partial charge in [0.15, 0.2) is 0 Å². The number of para-hydroxylation sites is 1. The Morgan fingerprint density at radius 1 is 1.50 bits per heavy atom. The Kier molecular flexibility index (Phi) is 3.85. The van der Waals surface area contributed by atoms with Crippen molar-refractivity contribution in [2.75, 3.05) is 18.5 Å². The number of carboxylic acids is 1. The van der Waals surface area contributed by atoms with Crippen LogP contribution in [-0.2, 0) is 0 Å². The van der Waals surface area contributed by atoms with E-state index in [1.807, 2.05) is 24.3 Å². The molecule has 5 nitrogen and oxygen atoms in total. The molecule has 102 valence electrons. The molecule has 0 spiro atoms. The van der Waals surface area contributed by atoms with E-state index in [-0.39, 0.29) is 11.5 Å². The molecule has 0 aliphatic rings. The minimum Gasteiger partial charge on any atom is -0.478 e. The van der Waals surface area contributed by atoms with Gasteiger partial charge in [0.05, 0.1) is 23.2 Å². The van der Waals surface area contributed by atoms with Crippen molar-refractivity contribution in [3.8, 4) is 6.07 Å². The number of hydrogen-bond donors (Lipinski definition) is 1. The van der Waals surface area contributed by atoms with Gasteiger partial charge < -0.3 is 10.0 Å². The number of aromatic carboxylic acids is 1. The summed E-state index contributed by atoms with van der Waals surface area (Å²) >= 11 is 0. The largest absolute Gasteiger partial charge is 0.478 e. The Morgan fingerprint density at radius 3 is 2.85 bits per heavy atom. The number of fused-ring (bicyclic) bond motifs is 1. The van der Waals surface area contributed by atoms with Crippen LogP contribution in [0.5, 0.6) is 0 Å². The number of rotatable bonds is 4. The van der Waals surface area contributed by atoms with Crippen LogP contribution in [0.15, 0.2) is 30.5 Å². The van der Waals surface area contributed by atoms with Crippen molar-refractivity contribution in [3.63, 3.8) is 0 Å². The first-order valence-corrected chi connectivity index (χ1v) is 6.26. The first-order chi connectivity index (χ1) is 9.54. The first-order valence-electron chi connectivity index (χ1n) is 6.26. The van der Waals surface area contributed by atoms with Crippen molar-refractivity contribution in [1.82, 2.24) is 4.98 Å². The van der Waals surface area contributed by atoms with Crippen molar-refractivity contribution in [2.45, 2.75) is 6.92 Å². The van der Waals surface area contributed by atoms with Gasteiger partial charge in [0.25, 0.3) is 0 Å². The fourth-order valence-corrected chi connectivity index (χ4v) is 2.24. The lowest BCUT2D eigenvalue weighted by Gasteiger charge is -2.23. The molecule has 0 aliphatic carbocycles. The Hall–Kier alpha value is -2.61. The minimum absolute atomic E-state index is 0.149. The van der Waals surface area contributed by atoms with Crippen molar-refractivity contribution >= 4 is 22.6 Å². The van der Waals surface area contributed by atoms with E-state index in [0.717, 1.165) is 10.9 Å². The molecule has 0 bridgehead atoms. The minimum atomic E-state index is -1.02. The molecule has 20 heavy (non-hydrogen) atoms. The quantitative estimate of drug-likeness (QED) is 0.922. The number of benzene rings is 1. The SMILES string of the molecule is CC(C#N)CN(C)c1c(C(=O)O)cnc2ccccc12. The Labute approximate surface area is 117 Å². The first kappa shape index (κ1) is 13.8. The Bertz CT molecular complexity index is 691. The van der Waals surface area contributed by atoms with Crippen molar-refractivity contribution in [2.24, 2.45) is 5.92 Å². The van der Waals surface area contributed by atoms with Crippen LogP contribution in [0, 0.1) is 17.2 Å². The third kappa shape index (κ3) is 2.54. The van der Waals surface area contributed by atoms with Gasteiger partial charge in [-0.2, -0.15) is 5.26 Å². The molecule has 0 radical (unpaired) electrons. The standard InChI is InChI=1S/C15H15N3O2/c1-10(7-16)9-18(2)14-11-5-3-4-6-13(11)17-8-12(14)15(19)20/h3-6,8,10H,9H2,1-2H3,(H,19,20). The molecule has 1 unspecified atom stereocenters. The number of nitriles is 1. The van der Waals surface area contributed by atoms with Gasteiger partial charge in [0.1, 0.15) is 5.56 Å². The molecule has 0 amide bonds. The zero-order chi connectivity index (χ0) is 14.7. The average Bonchev–Trinajstić information content (AvgIpc) is 2.45. The van der Waals surface area contributed by atoms with E-state index in [4.69, 9.17) is 5.26 Å². The van der Waals surface area contributed by atoms with Crippen molar-refractivity contribution in [3.05, 3.63) is 36.0 Å². The summed E-state index contributed by atoms with van der Waals surface area (Å²) in [5, 5.41) is 19.0. The van der Waals surface area contributed by atoms with Gasteiger partial charge in [0.2, 0.25) is 0 Å². The zero-order valence-corrected chi connectivity index (χ0v) is 11.4. The lowest BCUT2D eigenvalue weighted by Crippen LogP contribution is -2.25. The molecule has 0 saturated heterocycles. The average molecular weight is 269 g/mol. The monoisotopic (exact) mass is 269 g/mol. The van der Waals surface area contributed by atoms with Crippen LogP contribution < -0.4 is 4.90 Å². The smallest absolute Gasteiger partial charge is 0.339 e. The van der Waals surface area contributed by atoms with Crippen LogP contribution in [0.25, 0.3) is 10.9 Å². The normalized spacial score (nSPS) is 11.8. The molecule has 1 atom stereocenters. The second-order valence-electron chi connectivity index (χ2n) is 4.75. The summed E-state index contributed by atoms with van der Waals surface area (Å²) in [7, 11) is 1.79. The number of carbonyl (C=O) groups is 1. The maximum Gasteiger partial charge on any atom is 0.339 e. The molecule has 0 saturated carbocycles. The highest BCUT2D eigenvalue weighted by molar-refractivity contribution is 6.04. The molecule has 1 aromatic carbocycles. The zero-order valence-electron chi connectivity index (χ0n) is 11.4. The molecular weight excluding hydrogens is 254 g/mol. The highest BCUT2D eigenvalue weighted by atomic mass is 16.4. The molecule has 5 heteroatoms. The molecule has 2 rings (SSSR count). The maximum atomic E-state index is 11.4. The molecule has 1 heterocycles. The third-order valence-electron chi connectivity index (χ3n) is 3.13. The summed E-state index contributed by atoms with van der Waals surface area (Å²) in [6.45, 7) is 2.27. The second-order valence-corrected chi connectivity index (χ2v) is 4.75. The van der Waals surface area contributed by atoms with Gasteiger partial charge in [-0.3, -0.25) is 4.98 Å². The lowest BCUT2D eigenvalue weighted by atomic mass is 10.1. The van der Waals surface area contributed by atoms with E-state index in [1.165, 1.54) is 6.20 Å². The summed E-state index contributed by atoms with van der Waals surface area (Å²) < 4.78 is 0. The number of pyridine rings is 1. The second kappa shape index (κ2) is 5.57. The number of anilines is 1. The van der Waals surface area contributed by atoms with Crippen LogP contribution >= 0.6 is 0 Å². The van der Waals surface area contributed by atoms with Gasteiger partial charge in [-0.1, -0.05) is 18.2 Å². The predicted molar refractivity (Wildman–Crippen MR) is 76.7 cm³/mol. The van der Waals surface area contributed by atoms with Gasteiger partial charge in [-0.05, 0) is 13.0 Å². The molecule has 2 aromatic rings. The highest BCUT2D eigenvalue weighted by Crippen LogP contribution is 2.29. The summed E-state index contributed by atoms with van der Waals surface area (Å²) in [5.41, 5.74) is 1.49. The topological polar surface area (TPSA) is 77.2 Å². The summed E-state index contributed by atoms with van der Waals surface area (Å²) in [5.74, 6) is -1.21. The summed E-state index contributed by atoms with van der Waals surface area (Å²) in [6.07, 6.45) is 1.37. The van der Waals surface area contributed by atoms with Crippen LogP contribution in [0.1, 0.15) is 17.3 Å². The maximum absolute atomic E-state index is 11.4. The Balaban J connectivity index is 2.61. The van der Waals surface area contributed by atoms with Gasteiger partial charge in [-0.25, -0.2) is 4.79 Å². The van der Waals surface area contributed by atoms with E-state index in [1.54, 1.807) is 18.9 Å². The van der Waals surface area contributed by atoms with Gasteiger partial charge >= 0.3 is 5.97 Å². The number of aromatic nitrogens is 1. The fourth-order valence-electron chi connectivity index (χ4n) is 2.24. The number of carboxylic acid groups (broad SMARTS) is 1. The van der Waals surface area contributed by atoms with Crippen molar-refractivity contribution in [1.29, 1.82) is 5.26 Å².